The molecule has 108 valence electrons. The topological polar surface area (TPSA) is 44.6 Å². The van der Waals surface area contributed by atoms with E-state index in [1.54, 1.807) is 6.07 Å². The molecular formula is C15H11Cl3N2O. The first kappa shape index (κ1) is 14.5. The predicted molar refractivity (Wildman–Crippen MR) is 86.6 cm³/mol. The SMILES string of the molecule is Oc1c(Cl)cc(Cl)cc1C1=NNC(c2ccccc2Cl)C1. The molecular weight excluding hydrogens is 331 g/mol. The second-order valence-electron chi connectivity index (χ2n) is 4.75. The summed E-state index contributed by atoms with van der Waals surface area (Å²) >= 11 is 18.1. The van der Waals surface area contributed by atoms with Gasteiger partial charge in [0, 0.05) is 22.0 Å². The number of benzene rings is 2. The fourth-order valence-corrected chi connectivity index (χ4v) is 3.09. The Morgan fingerprint density at radius 3 is 2.62 bits per heavy atom. The Morgan fingerprint density at radius 1 is 1.10 bits per heavy atom. The number of phenols is 1. The molecule has 2 N–H and O–H groups in total. The molecule has 0 saturated carbocycles. The Hall–Kier alpha value is -1.42. The average molecular weight is 342 g/mol. The highest BCUT2D eigenvalue weighted by Crippen LogP contribution is 2.36. The van der Waals surface area contributed by atoms with E-state index in [0.717, 1.165) is 5.56 Å². The zero-order chi connectivity index (χ0) is 15.0. The van der Waals surface area contributed by atoms with E-state index in [0.29, 0.717) is 27.7 Å². The van der Waals surface area contributed by atoms with Gasteiger partial charge in [0.2, 0.25) is 0 Å². The first-order valence-electron chi connectivity index (χ1n) is 6.31. The zero-order valence-corrected chi connectivity index (χ0v) is 13.0. The van der Waals surface area contributed by atoms with Crippen molar-refractivity contribution in [3.8, 4) is 5.75 Å². The minimum Gasteiger partial charge on any atom is -0.506 e. The largest absolute Gasteiger partial charge is 0.506 e. The van der Waals surface area contributed by atoms with Crippen LogP contribution in [0.4, 0.5) is 0 Å². The van der Waals surface area contributed by atoms with Crippen LogP contribution in [-0.4, -0.2) is 10.8 Å². The number of hydrogen-bond acceptors (Lipinski definition) is 3. The summed E-state index contributed by atoms with van der Waals surface area (Å²) in [5.74, 6) is -0.0126. The third kappa shape index (κ3) is 2.82. The van der Waals surface area contributed by atoms with Crippen molar-refractivity contribution in [2.24, 2.45) is 5.10 Å². The van der Waals surface area contributed by atoms with Gasteiger partial charge in [0.15, 0.2) is 0 Å². The first-order valence-corrected chi connectivity index (χ1v) is 7.44. The van der Waals surface area contributed by atoms with E-state index >= 15 is 0 Å². The van der Waals surface area contributed by atoms with Gasteiger partial charge in [-0.15, -0.1) is 0 Å². The molecule has 6 heteroatoms. The van der Waals surface area contributed by atoms with E-state index in [2.05, 4.69) is 10.5 Å². The number of halogens is 3. The summed E-state index contributed by atoms with van der Waals surface area (Å²) in [6.07, 6.45) is 0.591. The lowest BCUT2D eigenvalue weighted by Gasteiger charge is -2.12. The van der Waals surface area contributed by atoms with Crippen molar-refractivity contribution >= 4 is 40.5 Å². The van der Waals surface area contributed by atoms with Crippen LogP contribution in [0.1, 0.15) is 23.6 Å². The molecule has 0 fully saturated rings. The smallest absolute Gasteiger partial charge is 0.143 e. The molecule has 1 atom stereocenters. The molecule has 0 radical (unpaired) electrons. The van der Waals surface area contributed by atoms with Gasteiger partial charge >= 0.3 is 0 Å². The molecule has 0 aliphatic carbocycles. The van der Waals surface area contributed by atoms with Crippen LogP contribution in [0.25, 0.3) is 0 Å². The molecule has 3 rings (SSSR count). The van der Waals surface area contributed by atoms with Crippen LogP contribution in [0.15, 0.2) is 41.5 Å². The summed E-state index contributed by atoms with van der Waals surface area (Å²) < 4.78 is 0. The Kier molecular flexibility index (Phi) is 3.98. The number of nitrogens with one attached hydrogen (secondary N) is 1. The molecule has 1 unspecified atom stereocenters. The van der Waals surface area contributed by atoms with Crippen LogP contribution in [0, 0.1) is 0 Å². The van der Waals surface area contributed by atoms with E-state index in [-0.39, 0.29) is 16.8 Å². The predicted octanol–water partition coefficient (Wildman–Crippen LogP) is 4.79. The van der Waals surface area contributed by atoms with Crippen molar-refractivity contribution in [3.05, 3.63) is 62.6 Å². The second kappa shape index (κ2) is 5.76. The molecule has 0 amide bonds. The molecule has 2 aromatic carbocycles. The fourth-order valence-electron chi connectivity index (χ4n) is 2.33. The summed E-state index contributed by atoms with van der Waals surface area (Å²) in [4.78, 5) is 0. The molecule has 1 heterocycles. The van der Waals surface area contributed by atoms with E-state index in [1.165, 1.54) is 6.07 Å². The normalized spacial score (nSPS) is 17.5. The maximum absolute atomic E-state index is 10.1. The van der Waals surface area contributed by atoms with Crippen LogP contribution in [0.2, 0.25) is 15.1 Å². The summed E-state index contributed by atoms with van der Waals surface area (Å²) in [5.41, 5.74) is 5.23. The van der Waals surface area contributed by atoms with Crippen molar-refractivity contribution in [1.29, 1.82) is 0 Å². The summed E-state index contributed by atoms with van der Waals surface area (Å²) in [6, 6.07) is 10.7. The van der Waals surface area contributed by atoms with Gasteiger partial charge in [-0.25, -0.2) is 0 Å². The Labute approximate surface area is 137 Å². The van der Waals surface area contributed by atoms with Crippen LogP contribution in [0.3, 0.4) is 0 Å². The Bertz CT molecular complexity index is 731. The highest BCUT2D eigenvalue weighted by atomic mass is 35.5. The van der Waals surface area contributed by atoms with Crippen LogP contribution >= 0.6 is 34.8 Å². The molecule has 3 nitrogen and oxygen atoms in total. The highest BCUT2D eigenvalue weighted by Gasteiger charge is 2.25. The van der Waals surface area contributed by atoms with Crippen molar-refractivity contribution in [2.45, 2.75) is 12.5 Å². The van der Waals surface area contributed by atoms with Crippen molar-refractivity contribution in [2.75, 3.05) is 0 Å². The highest BCUT2D eigenvalue weighted by molar-refractivity contribution is 6.36. The molecule has 1 aliphatic heterocycles. The maximum atomic E-state index is 10.1. The fraction of sp³-hybridized carbons (Fsp3) is 0.133. The molecule has 21 heavy (non-hydrogen) atoms. The summed E-state index contributed by atoms with van der Waals surface area (Å²) in [6.45, 7) is 0. The Balaban J connectivity index is 1.90. The van der Waals surface area contributed by atoms with E-state index in [9.17, 15) is 5.11 Å². The van der Waals surface area contributed by atoms with Crippen LogP contribution in [0.5, 0.6) is 5.75 Å². The molecule has 0 aromatic heterocycles. The number of rotatable bonds is 2. The Morgan fingerprint density at radius 2 is 1.86 bits per heavy atom. The maximum Gasteiger partial charge on any atom is 0.143 e. The van der Waals surface area contributed by atoms with Crippen LogP contribution in [-0.2, 0) is 0 Å². The van der Waals surface area contributed by atoms with Crippen molar-refractivity contribution in [3.63, 3.8) is 0 Å². The minimum atomic E-state index is -0.0362. The number of hydrogen-bond donors (Lipinski definition) is 2. The number of aromatic hydroxyl groups is 1. The average Bonchev–Trinajstić information content (AvgIpc) is 2.92. The number of hydrazone groups is 1. The van der Waals surface area contributed by atoms with Crippen molar-refractivity contribution in [1.82, 2.24) is 5.43 Å². The van der Waals surface area contributed by atoms with E-state index in [1.807, 2.05) is 24.3 Å². The first-order chi connectivity index (χ1) is 10.1. The monoisotopic (exact) mass is 340 g/mol. The zero-order valence-electron chi connectivity index (χ0n) is 10.8. The standard InChI is InChI=1S/C15H11Cl3N2O/c16-8-5-10(15(21)12(18)6-8)14-7-13(19-20-14)9-3-1-2-4-11(9)17/h1-6,13,19,21H,7H2. The van der Waals surface area contributed by atoms with Gasteiger partial charge in [0.1, 0.15) is 5.75 Å². The van der Waals surface area contributed by atoms with Gasteiger partial charge in [-0.05, 0) is 23.8 Å². The molecule has 0 spiro atoms. The third-order valence-corrected chi connectivity index (χ3v) is 4.22. The lowest BCUT2D eigenvalue weighted by Crippen LogP contribution is -2.10. The quantitative estimate of drug-likeness (QED) is 0.824. The van der Waals surface area contributed by atoms with E-state index < -0.39 is 0 Å². The third-order valence-electron chi connectivity index (χ3n) is 3.37. The summed E-state index contributed by atoms with van der Waals surface area (Å²) in [7, 11) is 0. The van der Waals surface area contributed by atoms with Crippen LogP contribution < -0.4 is 5.43 Å². The second-order valence-corrected chi connectivity index (χ2v) is 6.00. The van der Waals surface area contributed by atoms with Gasteiger partial charge in [-0.1, -0.05) is 53.0 Å². The van der Waals surface area contributed by atoms with Crippen molar-refractivity contribution < 1.29 is 5.11 Å². The molecule has 1 aliphatic rings. The van der Waals surface area contributed by atoms with Gasteiger partial charge in [0.05, 0.1) is 16.8 Å². The van der Waals surface area contributed by atoms with Gasteiger partial charge in [-0.2, -0.15) is 5.10 Å². The number of phenolic OH excluding ortho intramolecular Hbond substituents is 1. The summed E-state index contributed by atoms with van der Waals surface area (Å²) in [5, 5.41) is 15.7. The molecule has 0 saturated heterocycles. The molecule has 2 aromatic rings. The lowest BCUT2D eigenvalue weighted by molar-refractivity contribution is 0.474. The molecule has 0 bridgehead atoms. The number of nitrogens with zero attached hydrogens (tertiary/aromatic N) is 1. The van der Waals surface area contributed by atoms with Gasteiger partial charge in [0.25, 0.3) is 0 Å². The van der Waals surface area contributed by atoms with Gasteiger partial charge in [-0.3, -0.25) is 0 Å². The van der Waals surface area contributed by atoms with E-state index in [4.69, 9.17) is 34.8 Å². The minimum absolute atomic E-state index is 0.0126. The lowest BCUT2D eigenvalue weighted by atomic mass is 9.98. The van der Waals surface area contributed by atoms with Gasteiger partial charge < -0.3 is 10.5 Å².